The summed E-state index contributed by atoms with van der Waals surface area (Å²) in [5.74, 6) is -1.96. The second-order valence-corrected chi connectivity index (χ2v) is 11.9. The molecule has 2 aromatic carbocycles. The Balaban J connectivity index is 2.45. The zero-order valence-electron chi connectivity index (χ0n) is 23.9. The van der Waals surface area contributed by atoms with E-state index in [-0.39, 0.29) is 29.7 Å². The molecule has 0 aliphatic carbocycles. The molecule has 0 heterocycles. The molecule has 220 valence electrons. The highest BCUT2D eigenvalue weighted by atomic mass is 32.2. The number of hydroxylamine groups is 2. The van der Waals surface area contributed by atoms with E-state index in [9.17, 15) is 22.8 Å². The van der Waals surface area contributed by atoms with Gasteiger partial charge < -0.3 is 19.7 Å². The van der Waals surface area contributed by atoms with Crippen LogP contribution in [0.2, 0.25) is 0 Å². The molecule has 2 N–H and O–H groups in total. The number of esters is 1. The third-order valence-electron chi connectivity index (χ3n) is 5.21. The van der Waals surface area contributed by atoms with Crippen molar-refractivity contribution in [3.63, 3.8) is 0 Å². The molecular weight excluding hydrogens is 540 g/mol. The highest BCUT2D eigenvalue weighted by Crippen LogP contribution is 2.29. The van der Waals surface area contributed by atoms with Crippen molar-refractivity contribution >= 4 is 33.5 Å². The van der Waals surface area contributed by atoms with Crippen LogP contribution in [0.25, 0.3) is 0 Å². The number of carbonyl (C=O) groups excluding carboxylic acids is 3. The average Bonchev–Trinajstić information content (AvgIpc) is 2.85. The van der Waals surface area contributed by atoms with Crippen molar-refractivity contribution in [1.29, 1.82) is 0 Å². The van der Waals surface area contributed by atoms with Gasteiger partial charge in [-0.3, -0.25) is 19.2 Å². The standard InChI is InChI=1S/C27H38N4O8S/c1-27(2,3)39-26(34)21(16-25(33)31(6)37-7)29-40(35,36)23-14-13-20(28-24(32)17-30(4)5)15-22(23)38-18-19-11-9-8-10-12-19/h8-15,21,29H,16-18H2,1-7H3,(H,28,32)/t21-/m0/s1. The van der Waals surface area contributed by atoms with Crippen molar-refractivity contribution in [3.05, 3.63) is 54.1 Å². The fraction of sp³-hybridized carbons (Fsp3) is 0.444. The zero-order valence-corrected chi connectivity index (χ0v) is 24.7. The third-order valence-corrected chi connectivity index (χ3v) is 6.72. The molecule has 0 fully saturated rings. The molecule has 0 aliphatic heterocycles. The van der Waals surface area contributed by atoms with E-state index in [1.807, 2.05) is 30.3 Å². The van der Waals surface area contributed by atoms with Gasteiger partial charge in [-0.1, -0.05) is 30.3 Å². The molecular formula is C27H38N4O8S. The van der Waals surface area contributed by atoms with Gasteiger partial charge in [0.05, 0.1) is 20.1 Å². The Labute approximate surface area is 235 Å². The molecule has 0 aliphatic rings. The van der Waals surface area contributed by atoms with Gasteiger partial charge in [0, 0.05) is 18.8 Å². The molecule has 13 heteroatoms. The van der Waals surface area contributed by atoms with E-state index >= 15 is 0 Å². The molecule has 2 amide bonds. The zero-order chi connectivity index (χ0) is 30.1. The van der Waals surface area contributed by atoms with Crippen LogP contribution in [0.4, 0.5) is 5.69 Å². The van der Waals surface area contributed by atoms with Gasteiger partial charge in [-0.15, -0.1) is 0 Å². The van der Waals surface area contributed by atoms with Crippen molar-refractivity contribution in [3.8, 4) is 5.75 Å². The summed E-state index contributed by atoms with van der Waals surface area (Å²) in [6, 6.07) is 11.6. The summed E-state index contributed by atoms with van der Waals surface area (Å²) in [6.07, 6.45) is -0.558. The number of rotatable bonds is 13. The van der Waals surface area contributed by atoms with Crippen LogP contribution < -0.4 is 14.8 Å². The van der Waals surface area contributed by atoms with Gasteiger partial charge in [0.1, 0.15) is 28.9 Å². The number of nitrogens with one attached hydrogen (secondary N) is 2. The fourth-order valence-electron chi connectivity index (χ4n) is 3.35. The van der Waals surface area contributed by atoms with Crippen LogP contribution in [-0.4, -0.2) is 82.6 Å². The quantitative estimate of drug-likeness (QED) is 0.270. The molecule has 0 saturated heterocycles. The van der Waals surface area contributed by atoms with Crippen LogP contribution >= 0.6 is 0 Å². The predicted octanol–water partition coefficient (Wildman–Crippen LogP) is 2.16. The van der Waals surface area contributed by atoms with Crippen molar-refractivity contribution < 1.29 is 37.1 Å². The highest BCUT2D eigenvalue weighted by molar-refractivity contribution is 7.89. The van der Waals surface area contributed by atoms with Crippen molar-refractivity contribution in [1.82, 2.24) is 14.7 Å². The van der Waals surface area contributed by atoms with E-state index in [4.69, 9.17) is 14.3 Å². The molecule has 0 bridgehead atoms. The van der Waals surface area contributed by atoms with Gasteiger partial charge in [-0.05, 0) is 52.6 Å². The van der Waals surface area contributed by atoms with Gasteiger partial charge >= 0.3 is 5.97 Å². The smallest absolute Gasteiger partial charge is 0.325 e. The average molecular weight is 579 g/mol. The maximum Gasteiger partial charge on any atom is 0.325 e. The Bertz CT molecular complexity index is 1280. The Hall–Kier alpha value is -3.52. The summed E-state index contributed by atoms with van der Waals surface area (Å²) in [5.41, 5.74) is 0.156. The molecule has 0 spiro atoms. The summed E-state index contributed by atoms with van der Waals surface area (Å²) in [4.78, 5) is 44.0. The maximum atomic E-state index is 13.6. The molecule has 0 aromatic heterocycles. The molecule has 0 radical (unpaired) electrons. The Morgan fingerprint density at radius 3 is 2.23 bits per heavy atom. The van der Waals surface area contributed by atoms with E-state index in [2.05, 4.69) is 10.0 Å². The molecule has 2 rings (SSSR count). The molecule has 40 heavy (non-hydrogen) atoms. The van der Waals surface area contributed by atoms with Crippen molar-refractivity contribution in [2.75, 3.05) is 40.1 Å². The highest BCUT2D eigenvalue weighted by Gasteiger charge is 2.34. The topological polar surface area (TPSA) is 144 Å². The minimum absolute atomic E-state index is 0.0328. The fourth-order valence-corrected chi connectivity index (χ4v) is 4.66. The Morgan fingerprint density at radius 2 is 1.65 bits per heavy atom. The van der Waals surface area contributed by atoms with E-state index in [0.717, 1.165) is 10.6 Å². The van der Waals surface area contributed by atoms with Crippen LogP contribution in [0.3, 0.4) is 0 Å². The molecule has 2 aromatic rings. The number of hydrogen-bond donors (Lipinski definition) is 2. The lowest BCUT2D eigenvalue weighted by molar-refractivity contribution is -0.172. The minimum atomic E-state index is -4.45. The molecule has 1 atom stereocenters. The number of hydrogen-bond acceptors (Lipinski definition) is 9. The van der Waals surface area contributed by atoms with Crippen LogP contribution in [0, 0.1) is 0 Å². The van der Waals surface area contributed by atoms with Gasteiger partial charge in [-0.25, -0.2) is 13.5 Å². The SMILES string of the molecule is CON(C)C(=O)C[C@H](NS(=O)(=O)c1ccc(NC(=O)CN(C)C)cc1OCc1ccccc1)C(=O)OC(C)(C)C. The molecule has 0 saturated carbocycles. The number of ether oxygens (including phenoxy) is 2. The van der Waals surface area contributed by atoms with Gasteiger partial charge in [0.15, 0.2) is 0 Å². The normalized spacial score (nSPS) is 12.5. The van der Waals surface area contributed by atoms with Gasteiger partial charge in [0.25, 0.3) is 0 Å². The molecule has 12 nitrogen and oxygen atoms in total. The summed E-state index contributed by atoms with van der Waals surface area (Å²) < 4.78 is 40.7. The number of amides is 2. The summed E-state index contributed by atoms with van der Waals surface area (Å²) >= 11 is 0. The van der Waals surface area contributed by atoms with Crippen LogP contribution in [-0.2, 0) is 40.6 Å². The number of nitrogens with zero attached hydrogens (tertiary/aromatic N) is 2. The van der Waals surface area contributed by atoms with Crippen LogP contribution in [0.1, 0.15) is 32.8 Å². The molecule has 0 unspecified atom stereocenters. The monoisotopic (exact) mass is 578 g/mol. The lowest BCUT2D eigenvalue weighted by Crippen LogP contribution is -2.46. The first-order valence-electron chi connectivity index (χ1n) is 12.4. The first-order chi connectivity index (χ1) is 18.6. The number of likely N-dealkylation sites (N-methyl/N-ethyl adjacent to an activating group) is 1. The van der Waals surface area contributed by atoms with E-state index in [1.165, 1.54) is 32.4 Å². The summed E-state index contributed by atoms with van der Waals surface area (Å²) in [5, 5.41) is 3.59. The minimum Gasteiger partial charge on any atom is -0.487 e. The first-order valence-corrected chi connectivity index (χ1v) is 13.9. The summed E-state index contributed by atoms with van der Waals surface area (Å²) in [7, 11) is 1.64. The van der Waals surface area contributed by atoms with Crippen molar-refractivity contribution in [2.45, 2.75) is 50.3 Å². The number of benzene rings is 2. The van der Waals surface area contributed by atoms with Gasteiger partial charge in [0.2, 0.25) is 21.8 Å². The Morgan fingerprint density at radius 1 is 1.00 bits per heavy atom. The van der Waals surface area contributed by atoms with E-state index in [1.54, 1.807) is 39.8 Å². The lowest BCUT2D eigenvalue weighted by Gasteiger charge is -2.25. The van der Waals surface area contributed by atoms with Crippen molar-refractivity contribution in [2.24, 2.45) is 0 Å². The number of anilines is 1. The number of carbonyl (C=O) groups is 3. The van der Waals surface area contributed by atoms with Crippen LogP contribution in [0.15, 0.2) is 53.4 Å². The number of sulfonamides is 1. The lowest BCUT2D eigenvalue weighted by atomic mass is 10.1. The Kier molecular flexibility index (Phi) is 11.6. The largest absolute Gasteiger partial charge is 0.487 e. The van der Waals surface area contributed by atoms with Gasteiger partial charge in [-0.2, -0.15) is 4.72 Å². The first kappa shape index (κ1) is 32.7. The second kappa shape index (κ2) is 14.2. The summed E-state index contributed by atoms with van der Waals surface area (Å²) in [6.45, 7) is 5.02. The third kappa shape index (κ3) is 10.6. The van der Waals surface area contributed by atoms with E-state index in [0.29, 0.717) is 5.69 Å². The van der Waals surface area contributed by atoms with E-state index < -0.39 is 40.0 Å². The maximum absolute atomic E-state index is 13.6. The van der Waals surface area contributed by atoms with Crippen LogP contribution in [0.5, 0.6) is 5.75 Å². The second-order valence-electron chi connectivity index (χ2n) is 10.2. The predicted molar refractivity (Wildman–Crippen MR) is 149 cm³/mol.